The van der Waals surface area contributed by atoms with Crippen molar-refractivity contribution in [2.24, 2.45) is 0 Å². The van der Waals surface area contributed by atoms with E-state index in [4.69, 9.17) is 0 Å². The summed E-state index contributed by atoms with van der Waals surface area (Å²) in [5.41, 5.74) is 0. The van der Waals surface area contributed by atoms with Crippen LogP contribution in [0.2, 0.25) is 0 Å². The van der Waals surface area contributed by atoms with Crippen LogP contribution in [0.15, 0.2) is 0 Å². The summed E-state index contributed by atoms with van der Waals surface area (Å²) >= 11 is 0. The average molecular weight is 281 g/mol. The number of nitrogens with one attached hydrogen (secondary N) is 1. The van der Waals surface area contributed by atoms with E-state index >= 15 is 0 Å². The zero-order chi connectivity index (χ0) is 14.4. The summed E-state index contributed by atoms with van der Waals surface area (Å²) < 4.78 is 0. The van der Waals surface area contributed by atoms with Gasteiger partial charge in [-0.2, -0.15) is 0 Å². The molecule has 1 aliphatic heterocycles. The molecule has 1 unspecified atom stereocenters. The maximum atomic E-state index is 11.9. The number of carbonyl (C=O) groups is 1. The van der Waals surface area contributed by atoms with Crippen LogP contribution in [-0.4, -0.2) is 61.5 Å². The van der Waals surface area contributed by atoms with Crippen molar-refractivity contribution in [3.05, 3.63) is 0 Å². The molecule has 1 saturated carbocycles. The van der Waals surface area contributed by atoms with Crippen molar-refractivity contribution >= 4 is 5.91 Å². The number of piperidine rings is 1. The lowest BCUT2D eigenvalue weighted by Crippen LogP contribution is -2.52. The largest absolute Gasteiger partial charge is 0.351 e. The van der Waals surface area contributed by atoms with Crippen LogP contribution in [0.4, 0.5) is 0 Å². The van der Waals surface area contributed by atoms with Gasteiger partial charge in [-0.1, -0.05) is 25.7 Å². The van der Waals surface area contributed by atoms with Crippen LogP contribution in [0.25, 0.3) is 0 Å². The molecule has 4 nitrogen and oxygen atoms in total. The molecule has 4 heteroatoms. The molecule has 1 atom stereocenters. The quantitative estimate of drug-likeness (QED) is 0.799. The van der Waals surface area contributed by atoms with Gasteiger partial charge in [0, 0.05) is 18.6 Å². The summed E-state index contributed by atoms with van der Waals surface area (Å²) in [5.74, 6) is 0.169. The number of likely N-dealkylation sites (tertiary alicyclic amines) is 1. The van der Waals surface area contributed by atoms with Gasteiger partial charge >= 0.3 is 0 Å². The molecule has 20 heavy (non-hydrogen) atoms. The summed E-state index contributed by atoms with van der Waals surface area (Å²) in [6, 6.07) is 1.13. The maximum absolute atomic E-state index is 11.9. The highest BCUT2D eigenvalue weighted by atomic mass is 16.2. The number of rotatable bonds is 4. The smallest absolute Gasteiger partial charge is 0.234 e. The minimum absolute atomic E-state index is 0.169. The minimum Gasteiger partial charge on any atom is -0.351 e. The summed E-state index contributed by atoms with van der Waals surface area (Å²) in [6.07, 6.45) is 10.7. The van der Waals surface area contributed by atoms with Gasteiger partial charge in [0.1, 0.15) is 0 Å². The van der Waals surface area contributed by atoms with Gasteiger partial charge in [0.2, 0.25) is 5.91 Å². The number of likely N-dealkylation sites (N-methyl/N-ethyl adjacent to an activating group) is 1. The van der Waals surface area contributed by atoms with Crippen LogP contribution in [0, 0.1) is 0 Å². The SMILES string of the molecule is CN(C)CC(=O)NC1CCCN(C2CCCCCC2)C1. The number of hydrogen-bond acceptors (Lipinski definition) is 3. The summed E-state index contributed by atoms with van der Waals surface area (Å²) in [6.45, 7) is 2.79. The molecule has 1 saturated heterocycles. The highest BCUT2D eigenvalue weighted by Crippen LogP contribution is 2.24. The van der Waals surface area contributed by atoms with Crippen LogP contribution in [0.5, 0.6) is 0 Å². The van der Waals surface area contributed by atoms with Crippen molar-refractivity contribution < 1.29 is 4.79 Å². The fourth-order valence-corrected chi connectivity index (χ4v) is 3.64. The van der Waals surface area contributed by atoms with Gasteiger partial charge < -0.3 is 10.2 Å². The van der Waals surface area contributed by atoms with E-state index in [1.165, 1.54) is 51.5 Å². The van der Waals surface area contributed by atoms with Crippen LogP contribution in [0.1, 0.15) is 51.4 Å². The van der Waals surface area contributed by atoms with Gasteiger partial charge in [-0.15, -0.1) is 0 Å². The molecular weight excluding hydrogens is 250 g/mol. The normalized spacial score (nSPS) is 26.4. The Morgan fingerprint density at radius 1 is 1.10 bits per heavy atom. The van der Waals surface area contributed by atoms with Gasteiger partial charge in [-0.05, 0) is 46.3 Å². The molecular formula is C16H31N3O. The van der Waals surface area contributed by atoms with E-state index in [0.717, 1.165) is 19.0 Å². The first-order valence-electron chi connectivity index (χ1n) is 8.33. The van der Waals surface area contributed by atoms with Crippen molar-refractivity contribution in [2.45, 2.75) is 63.5 Å². The predicted octanol–water partition coefficient (Wildman–Crippen LogP) is 1.85. The Morgan fingerprint density at radius 2 is 1.80 bits per heavy atom. The molecule has 0 bridgehead atoms. The zero-order valence-corrected chi connectivity index (χ0v) is 13.2. The molecule has 0 aromatic carbocycles. The molecule has 0 spiro atoms. The van der Waals surface area contributed by atoms with E-state index in [2.05, 4.69) is 10.2 Å². The Kier molecular flexibility index (Phi) is 6.30. The summed E-state index contributed by atoms with van der Waals surface area (Å²) in [5, 5.41) is 3.21. The summed E-state index contributed by atoms with van der Waals surface area (Å²) in [4.78, 5) is 16.5. The fourth-order valence-electron chi connectivity index (χ4n) is 3.64. The van der Waals surface area contributed by atoms with Gasteiger partial charge in [-0.3, -0.25) is 9.69 Å². The van der Waals surface area contributed by atoms with Gasteiger partial charge in [0.25, 0.3) is 0 Å². The molecule has 2 fully saturated rings. The Morgan fingerprint density at radius 3 is 2.45 bits per heavy atom. The third-order valence-corrected chi connectivity index (χ3v) is 4.62. The first-order chi connectivity index (χ1) is 9.65. The van der Waals surface area contributed by atoms with Gasteiger partial charge in [0.05, 0.1) is 6.54 Å². The van der Waals surface area contributed by atoms with E-state index in [-0.39, 0.29) is 5.91 Å². The standard InChI is InChI=1S/C16H31N3O/c1-18(2)13-16(20)17-14-8-7-11-19(12-14)15-9-5-3-4-6-10-15/h14-15H,3-13H2,1-2H3,(H,17,20). The fraction of sp³-hybridized carbons (Fsp3) is 0.938. The Balaban J connectivity index is 1.80. The predicted molar refractivity (Wildman–Crippen MR) is 82.8 cm³/mol. The Bertz CT molecular complexity index is 298. The lowest BCUT2D eigenvalue weighted by molar-refractivity contribution is -0.122. The molecule has 1 amide bonds. The molecule has 2 rings (SSSR count). The molecule has 1 heterocycles. The number of hydrogen-bond donors (Lipinski definition) is 1. The third-order valence-electron chi connectivity index (χ3n) is 4.62. The second-order valence-electron chi connectivity index (χ2n) is 6.78. The molecule has 1 aliphatic carbocycles. The second-order valence-corrected chi connectivity index (χ2v) is 6.78. The molecule has 2 aliphatic rings. The number of nitrogens with zero attached hydrogens (tertiary/aromatic N) is 2. The van der Waals surface area contributed by atoms with Crippen LogP contribution >= 0.6 is 0 Å². The van der Waals surface area contributed by atoms with Crippen LogP contribution in [0.3, 0.4) is 0 Å². The summed E-state index contributed by atoms with van der Waals surface area (Å²) in [7, 11) is 3.89. The van der Waals surface area contributed by atoms with Crippen LogP contribution in [-0.2, 0) is 4.79 Å². The van der Waals surface area contributed by atoms with Gasteiger partial charge in [0.15, 0.2) is 0 Å². The lowest BCUT2D eigenvalue weighted by Gasteiger charge is -2.38. The van der Waals surface area contributed by atoms with Crippen molar-refractivity contribution in [1.29, 1.82) is 0 Å². The van der Waals surface area contributed by atoms with E-state index < -0.39 is 0 Å². The third kappa shape index (κ3) is 5.06. The first kappa shape index (κ1) is 15.8. The van der Waals surface area contributed by atoms with Crippen LogP contribution < -0.4 is 5.32 Å². The second kappa shape index (κ2) is 7.99. The van der Waals surface area contributed by atoms with Crippen molar-refractivity contribution in [3.8, 4) is 0 Å². The number of amides is 1. The van der Waals surface area contributed by atoms with Crippen molar-refractivity contribution in [3.63, 3.8) is 0 Å². The molecule has 0 radical (unpaired) electrons. The van der Waals surface area contributed by atoms with Gasteiger partial charge in [-0.25, -0.2) is 0 Å². The molecule has 116 valence electrons. The highest BCUT2D eigenvalue weighted by molar-refractivity contribution is 5.78. The Hall–Kier alpha value is -0.610. The van der Waals surface area contributed by atoms with Crippen molar-refractivity contribution in [1.82, 2.24) is 15.1 Å². The topological polar surface area (TPSA) is 35.6 Å². The van der Waals surface area contributed by atoms with E-state index in [9.17, 15) is 4.79 Å². The molecule has 1 N–H and O–H groups in total. The van der Waals surface area contributed by atoms with Crippen molar-refractivity contribution in [2.75, 3.05) is 33.7 Å². The lowest BCUT2D eigenvalue weighted by atomic mass is 10.00. The Labute approximate surface area is 123 Å². The maximum Gasteiger partial charge on any atom is 0.234 e. The monoisotopic (exact) mass is 281 g/mol. The average Bonchev–Trinajstić information content (AvgIpc) is 2.66. The number of carbonyl (C=O) groups excluding carboxylic acids is 1. The van der Waals surface area contributed by atoms with E-state index in [0.29, 0.717) is 12.6 Å². The molecule has 0 aromatic rings. The molecule has 0 aromatic heterocycles. The zero-order valence-electron chi connectivity index (χ0n) is 13.2. The first-order valence-corrected chi connectivity index (χ1v) is 8.33. The highest BCUT2D eigenvalue weighted by Gasteiger charge is 2.27. The van der Waals surface area contributed by atoms with E-state index in [1.54, 1.807) is 0 Å². The van der Waals surface area contributed by atoms with E-state index in [1.807, 2.05) is 19.0 Å². The minimum atomic E-state index is 0.169.